The van der Waals surface area contributed by atoms with E-state index in [-0.39, 0.29) is 17.4 Å². The van der Waals surface area contributed by atoms with Crippen molar-refractivity contribution in [1.82, 2.24) is 0 Å². The second kappa shape index (κ2) is 8.63. The van der Waals surface area contributed by atoms with E-state index in [1.54, 1.807) is 0 Å². The summed E-state index contributed by atoms with van der Waals surface area (Å²) in [5, 5.41) is 0.00345. The van der Waals surface area contributed by atoms with E-state index in [1.807, 2.05) is 6.92 Å². The molecule has 29 heavy (non-hydrogen) atoms. The van der Waals surface area contributed by atoms with E-state index in [2.05, 4.69) is 43.6 Å². The van der Waals surface area contributed by atoms with E-state index >= 15 is 0 Å². The van der Waals surface area contributed by atoms with Gasteiger partial charge in [0, 0.05) is 4.75 Å². The maximum absolute atomic E-state index is 14.3. The third kappa shape index (κ3) is 6.75. The van der Waals surface area contributed by atoms with Crippen LogP contribution in [0.25, 0.3) is 0 Å². The van der Waals surface area contributed by atoms with Gasteiger partial charge in [-0.1, -0.05) is 20.8 Å². The summed E-state index contributed by atoms with van der Waals surface area (Å²) < 4.78 is 52.0. The largest absolute Gasteiger partial charge is 0.436 e. The van der Waals surface area contributed by atoms with Gasteiger partial charge in [0.25, 0.3) is 0 Å². The van der Waals surface area contributed by atoms with Crippen LogP contribution in [0.5, 0.6) is 5.75 Å². The quantitative estimate of drug-likeness (QED) is 0.271. The predicted molar refractivity (Wildman–Crippen MR) is 118 cm³/mol. The Bertz CT molecular complexity index is 714. The Morgan fingerprint density at radius 2 is 1.72 bits per heavy atom. The highest BCUT2D eigenvalue weighted by atomic mass is 32.1. The molecule has 0 aromatic heterocycles. The second-order valence-corrected chi connectivity index (χ2v) is 15.3. The van der Waals surface area contributed by atoms with Crippen LogP contribution in [0.2, 0.25) is 18.1 Å². The number of ether oxygens (including phenoxy) is 1. The number of aliphatic imine (C=N–C) groups is 1. The number of hydrogen-bond donors (Lipinski definition) is 1. The Morgan fingerprint density at radius 3 is 2.21 bits per heavy atom. The van der Waals surface area contributed by atoms with Crippen molar-refractivity contribution in [2.45, 2.75) is 75.6 Å². The lowest BCUT2D eigenvalue weighted by atomic mass is 9.96. The number of alkyl halides is 2. The molecular formula is C21H32F3NO2SSi. The van der Waals surface area contributed by atoms with Crippen LogP contribution in [0.15, 0.2) is 29.3 Å². The highest BCUT2D eigenvalue weighted by Crippen LogP contribution is 2.47. The van der Waals surface area contributed by atoms with Gasteiger partial charge >= 0.3 is 6.11 Å². The van der Waals surface area contributed by atoms with Crippen molar-refractivity contribution in [1.29, 1.82) is 0 Å². The van der Waals surface area contributed by atoms with Crippen LogP contribution in [0.1, 0.15) is 40.5 Å². The third-order valence-electron chi connectivity index (χ3n) is 5.96. The molecule has 1 aliphatic carbocycles. The molecule has 1 fully saturated rings. The molecule has 0 N–H and O–H groups in total. The number of benzene rings is 1. The lowest BCUT2D eigenvalue weighted by Crippen LogP contribution is -2.46. The summed E-state index contributed by atoms with van der Waals surface area (Å²) in [6, 6.07) is 3.91. The van der Waals surface area contributed by atoms with Crippen LogP contribution < -0.4 is 4.74 Å². The average Bonchev–Trinajstić information content (AvgIpc) is 3.40. The van der Waals surface area contributed by atoms with Gasteiger partial charge in [-0.15, -0.1) is 0 Å². The van der Waals surface area contributed by atoms with Gasteiger partial charge in [0.1, 0.15) is 17.8 Å². The van der Waals surface area contributed by atoms with E-state index < -0.39 is 31.0 Å². The van der Waals surface area contributed by atoms with Crippen molar-refractivity contribution in [2.24, 2.45) is 10.9 Å². The third-order valence-corrected chi connectivity index (χ3v) is 11.1. The molecule has 0 bridgehead atoms. The van der Waals surface area contributed by atoms with Crippen LogP contribution in [0.4, 0.5) is 13.2 Å². The summed E-state index contributed by atoms with van der Waals surface area (Å²) in [4.78, 5) is 4.17. The summed E-state index contributed by atoms with van der Waals surface area (Å²) in [5.74, 6) is -0.331. The molecule has 8 heteroatoms. The van der Waals surface area contributed by atoms with Crippen LogP contribution in [0, 0.1) is 11.7 Å². The zero-order valence-corrected chi connectivity index (χ0v) is 19.9. The SMILES string of the molecule is CC(C)(C)[Si](C)(C)OCC(/N=C\C(F)(F)Oc1ccc(F)cc1)[C@](C)(S)C1CC1. The number of halogens is 3. The van der Waals surface area contributed by atoms with E-state index in [4.69, 9.17) is 17.1 Å². The van der Waals surface area contributed by atoms with Crippen LogP contribution >= 0.6 is 12.6 Å². The first-order chi connectivity index (χ1) is 13.1. The Labute approximate surface area is 178 Å². The summed E-state index contributed by atoms with van der Waals surface area (Å²) in [6.45, 7) is 12.8. The standard InChI is InChI=1S/C21H32F3NO2SSi/c1-19(2,3)29(5,6)26-13-18(20(4,28)15-7-8-15)25-14-21(23,24)27-17-11-9-16(22)10-12-17/h9-12,14-15,18,28H,7-8,13H2,1-6H3/b25-14-/t18?,20-/m1/s1. The first-order valence-electron chi connectivity index (χ1n) is 9.87. The number of thiol groups is 1. The Morgan fingerprint density at radius 1 is 1.17 bits per heavy atom. The molecule has 2 atom stereocenters. The minimum Gasteiger partial charge on any atom is -0.428 e. The monoisotopic (exact) mass is 447 g/mol. The molecule has 0 saturated heterocycles. The smallest absolute Gasteiger partial charge is 0.428 e. The molecule has 1 aromatic rings. The molecule has 0 spiro atoms. The van der Waals surface area contributed by atoms with Gasteiger partial charge in [0.05, 0.1) is 12.6 Å². The van der Waals surface area contributed by atoms with Crippen molar-refractivity contribution < 1.29 is 22.3 Å². The van der Waals surface area contributed by atoms with Gasteiger partial charge in [-0.05, 0) is 68.1 Å². The summed E-state index contributed by atoms with van der Waals surface area (Å²) in [7, 11) is -2.06. The summed E-state index contributed by atoms with van der Waals surface area (Å²) in [5.41, 5.74) is 0. The van der Waals surface area contributed by atoms with E-state index in [0.717, 1.165) is 37.1 Å². The Hall–Kier alpha value is -0.993. The topological polar surface area (TPSA) is 30.8 Å². The molecular weight excluding hydrogens is 415 g/mol. The second-order valence-electron chi connectivity index (χ2n) is 9.48. The summed E-state index contributed by atoms with van der Waals surface area (Å²) in [6.07, 6.45) is -1.09. The van der Waals surface area contributed by atoms with E-state index in [9.17, 15) is 13.2 Å². The number of hydrogen-bond acceptors (Lipinski definition) is 4. The zero-order chi connectivity index (χ0) is 22.1. The first kappa shape index (κ1) is 24.3. The molecule has 0 radical (unpaired) electrons. The molecule has 2 rings (SSSR count). The van der Waals surface area contributed by atoms with Crippen molar-refractivity contribution in [3.63, 3.8) is 0 Å². The van der Waals surface area contributed by atoms with Gasteiger partial charge in [-0.2, -0.15) is 21.4 Å². The first-order valence-corrected chi connectivity index (χ1v) is 13.2. The van der Waals surface area contributed by atoms with Gasteiger partial charge in [-0.3, -0.25) is 4.99 Å². The molecule has 1 unspecified atom stereocenters. The zero-order valence-electron chi connectivity index (χ0n) is 18.0. The number of rotatable bonds is 9. The Balaban J connectivity index is 2.14. The lowest BCUT2D eigenvalue weighted by Gasteiger charge is -2.39. The maximum Gasteiger partial charge on any atom is 0.436 e. The minimum absolute atomic E-state index is 0.00345. The lowest BCUT2D eigenvalue weighted by molar-refractivity contribution is -0.107. The fourth-order valence-corrected chi connectivity index (χ4v) is 4.08. The fourth-order valence-electron chi connectivity index (χ4n) is 2.67. The Kier molecular flexibility index (Phi) is 7.22. The highest BCUT2D eigenvalue weighted by molar-refractivity contribution is 7.81. The molecule has 0 aliphatic heterocycles. The normalized spacial score (nSPS) is 19.2. The summed E-state index contributed by atoms with van der Waals surface area (Å²) >= 11 is 4.78. The van der Waals surface area contributed by atoms with Crippen molar-refractivity contribution in [2.75, 3.05) is 6.61 Å². The van der Waals surface area contributed by atoms with Gasteiger partial charge < -0.3 is 9.16 Å². The van der Waals surface area contributed by atoms with Crippen molar-refractivity contribution in [3.8, 4) is 5.75 Å². The maximum atomic E-state index is 14.3. The molecule has 1 aromatic carbocycles. The number of nitrogens with zero attached hydrogens (tertiary/aromatic N) is 1. The van der Waals surface area contributed by atoms with Crippen LogP contribution in [0.3, 0.4) is 0 Å². The molecule has 1 saturated carbocycles. The minimum atomic E-state index is -3.62. The highest BCUT2D eigenvalue weighted by Gasteiger charge is 2.46. The van der Waals surface area contributed by atoms with Gasteiger partial charge in [0.2, 0.25) is 0 Å². The predicted octanol–water partition coefficient (Wildman–Crippen LogP) is 6.36. The molecule has 164 valence electrons. The van der Waals surface area contributed by atoms with Crippen LogP contribution in [-0.4, -0.2) is 38.0 Å². The molecule has 0 heterocycles. The molecule has 3 nitrogen and oxygen atoms in total. The van der Waals surface area contributed by atoms with Crippen molar-refractivity contribution in [3.05, 3.63) is 30.1 Å². The molecule has 1 aliphatic rings. The van der Waals surface area contributed by atoms with Gasteiger partial charge in [-0.25, -0.2) is 4.39 Å². The molecule has 0 amide bonds. The van der Waals surface area contributed by atoms with Crippen LogP contribution in [-0.2, 0) is 4.43 Å². The fraction of sp³-hybridized carbons (Fsp3) is 0.667. The van der Waals surface area contributed by atoms with E-state index in [0.29, 0.717) is 12.1 Å². The van der Waals surface area contributed by atoms with E-state index in [1.165, 1.54) is 0 Å². The van der Waals surface area contributed by atoms with Crippen molar-refractivity contribution >= 4 is 27.2 Å². The average molecular weight is 448 g/mol. The van der Waals surface area contributed by atoms with Gasteiger partial charge in [0.15, 0.2) is 8.32 Å².